The van der Waals surface area contributed by atoms with E-state index in [-0.39, 0.29) is 21.4 Å². The number of rotatable bonds is 4. The first-order valence-corrected chi connectivity index (χ1v) is 7.16. The molecule has 0 amide bonds. The minimum atomic E-state index is -0.885. The third-order valence-corrected chi connectivity index (χ3v) is 3.61. The first-order chi connectivity index (χ1) is 10.3. The lowest BCUT2D eigenvalue weighted by Gasteiger charge is -2.13. The Morgan fingerprint density at radius 2 is 1.95 bits per heavy atom. The maximum atomic E-state index is 13.9. The molecule has 0 saturated carbocycles. The number of nitriles is 1. The number of halogens is 3. The molecular weight excluding hydrogens is 427 g/mol. The lowest BCUT2D eigenvalue weighted by Crippen LogP contribution is -2.16. The molecule has 0 unspecified atom stereocenters. The summed E-state index contributed by atoms with van der Waals surface area (Å²) in [7, 11) is 2.24. The molecule has 116 valence electrons. The fourth-order valence-corrected chi connectivity index (χ4v) is 2.65. The van der Waals surface area contributed by atoms with E-state index in [4.69, 9.17) is 5.26 Å². The Labute approximate surface area is 142 Å². The lowest BCUT2D eigenvalue weighted by atomic mass is 10.1. The molecule has 6 nitrogen and oxygen atoms in total. The van der Waals surface area contributed by atoms with Crippen LogP contribution in [-0.2, 0) is 19.1 Å². The van der Waals surface area contributed by atoms with Gasteiger partial charge in [0.25, 0.3) is 0 Å². The molecule has 0 aliphatic heterocycles. The van der Waals surface area contributed by atoms with Gasteiger partial charge in [0.2, 0.25) is 0 Å². The number of carbonyl (C=O) groups excluding carboxylic acids is 2. The van der Waals surface area contributed by atoms with Crippen molar-refractivity contribution < 1.29 is 23.5 Å². The van der Waals surface area contributed by atoms with Crippen molar-refractivity contribution in [2.24, 2.45) is 0 Å². The average molecular weight is 436 g/mol. The van der Waals surface area contributed by atoms with Crippen LogP contribution in [0.3, 0.4) is 0 Å². The molecule has 0 bridgehead atoms. The van der Waals surface area contributed by atoms with Crippen molar-refractivity contribution in [1.29, 1.82) is 5.26 Å². The Morgan fingerprint density at radius 3 is 2.45 bits per heavy atom. The Hall–Kier alpha value is -1.92. The van der Waals surface area contributed by atoms with Crippen LogP contribution in [0.15, 0.2) is 26.8 Å². The van der Waals surface area contributed by atoms with E-state index in [1.807, 2.05) is 0 Å². The second-order valence-electron chi connectivity index (χ2n) is 3.71. The third kappa shape index (κ3) is 4.05. The van der Waals surface area contributed by atoms with Crippen LogP contribution in [-0.4, -0.2) is 26.2 Å². The predicted octanol–water partition coefficient (Wildman–Crippen LogP) is 2.86. The van der Waals surface area contributed by atoms with Gasteiger partial charge in [0.05, 0.1) is 30.5 Å². The summed E-state index contributed by atoms with van der Waals surface area (Å²) in [5, 5.41) is 11.6. The van der Waals surface area contributed by atoms with Crippen LogP contribution in [0.4, 0.5) is 10.1 Å². The standard InChI is InChI=1S/C13H9Br2FN2O4/c1-21-10(19)4-9(13(20)22-2)18-12-6(5-17)11(16)7(14)3-8(12)15/h3-4,18H,1-2H3/b9-4+. The molecule has 22 heavy (non-hydrogen) atoms. The van der Waals surface area contributed by atoms with Crippen LogP contribution in [0.1, 0.15) is 5.56 Å². The van der Waals surface area contributed by atoms with Crippen molar-refractivity contribution in [3.8, 4) is 6.07 Å². The highest BCUT2D eigenvalue weighted by molar-refractivity contribution is 9.11. The molecular formula is C13H9Br2FN2O4. The van der Waals surface area contributed by atoms with Crippen LogP contribution < -0.4 is 5.32 Å². The second-order valence-corrected chi connectivity index (χ2v) is 5.42. The minimum Gasteiger partial charge on any atom is -0.466 e. The van der Waals surface area contributed by atoms with Gasteiger partial charge in [-0.05, 0) is 37.9 Å². The summed E-state index contributed by atoms with van der Waals surface area (Å²) in [5.41, 5.74) is -0.682. The molecule has 0 aliphatic rings. The summed E-state index contributed by atoms with van der Waals surface area (Å²) in [5.74, 6) is -2.51. The van der Waals surface area contributed by atoms with Gasteiger partial charge >= 0.3 is 11.9 Å². The summed E-state index contributed by atoms with van der Waals surface area (Å²) >= 11 is 6.12. The van der Waals surface area contributed by atoms with Crippen LogP contribution in [0.25, 0.3) is 0 Å². The van der Waals surface area contributed by atoms with Gasteiger partial charge in [-0.1, -0.05) is 0 Å². The number of hydrogen-bond donors (Lipinski definition) is 1. The van der Waals surface area contributed by atoms with Crippen LogP contribution in [0.2, 0.25) is 0 Å². The first-order valence-electron chi connectivity index (χ1n) is 5.58. The number of methoxy groups -OCH3 is 2. The smallest absolute Gasteiger partial charge is 0.354 e. The zero-order valence-corrected chi connectivity index (χ0v) is 14.5. The Kier molecular flexibility index (Phi) is 6.52. The van der Waals surface area contributed by atoms with Crippen LogP contribution in [0.5, 0.6) is 0 Å². The van der Waals surface area contributed by atoms with E-state index in [2.05, 4.69) is 46.7 Å². The van der Waals surface area contributed by atoms with Crippen LogP contribution in [0, 0.1) is 17.1 Å². The largest absolute Gasteiger partial charge is 0.466 e. The van der Waals surface area contributed by atoms with Crippen molar-refractivity contribution in [2.45, 2.75) is 0 Å². The van der Waals surface area contributed by atoms with Gasteiger partial charge in [-0.2, -0.15) is 5.26 Å². The molecule has 0 aromatic heterocycles. The SMILES string of the molecule is COC(=O)/C=C(/Nc1c(Br)cc(Br)c(F)c1C#N)C(=O)OC. The molecule has 0 radical (unpaired) electrons. The van der Waals surface area contributed by atoms with Crippen molar-refractivity contribution in [3.63, 3.8) is 0 Å². The monoisotopic (exact) mass is 434 g/mol. The first kappa shape index (κ1) is 18.1. The summed E-state index contributed by atoms with van der Waals surface area (Å²) in [6.45, 7) is 0. The zero-order chi connectivity index (χ0) is 16.9. The number of esters is 2. The van der Waals surface area contributed by atoms with Gasteiger partial charge in [0, 0.05) is 4.47 Å². The van der Waals surface area contributed by atoms with Gasteiger partial charge in [0.1, 0.15) is 17.3 Å². The molecule has 0 aliphatic carbocycles. The van der Waals surface area contributed by atoms with Crippen LogP contribution >= 0.6 is 31.9 Å². The van der Waals surface area contributed by atoms with E-state index < -0.39 is 17.8 Å². The van der Waals surface area contributed by atoms with E-state index in [0.29, 0.717) is 4.47 Å². The van der Waals surface area contributed by atoms with Gasteiger partial charge in [-0.15, -0.1) is 0 Å². The van der Waals surface area contributed by atoms with E-state index in [1.54, 1.807) is 6.07 Å². The van der Waals surface area contributed by atoms with Crippen molar-refractivity contribution in [2.75, 3.05) is 19.5 Å². The second kappa shape index (κ2) is 7.91. The third-order valence-electron chi connectivity index (χ3n) is 2.41. The van der Waals surface area contributed by atoms with Gasteiger partial charge in [0.15, 0.2) is 5.82 Å². The zero-order valence-electron chi connectivity index (χ0n) is 11.4. The molecule has 0 spiro atoms. The van der Waals surface area contributed by atoms with E-state index in [9.17, 15) is 14.0 Å². The number of nitrogens with one attached hydrogen (secondary N) is 1. The predicted molar refractivity (Wildman–Crippen MR) is 82.3 cm³/mol. The molecule has 1 aromatic carbocycles. The maximum absolute atomic E-state index is 13.9. The van der Waals surface area contributed by atoms with Crippen molar-refractivity contribution in [3.05, 3.63) is 38.2 Å². The fourth-order valence-electron chi connectivity index (χ4n) is 1.39. The number of benzene rings is 1. The Bertz CT molecular complexity index is 698. The highest BCUT2D eigenvalue weighted by Crippen LogP contribution is 2.34. The fraction of sp³-hybridized carbons (Fsp3) is 0.154. The van der Waals surface area contributed by atoms with E-state index >= 15 is 0 Å². The molecule has 1 rings (SSSR count). The Balaban J connectivity index is 3.40. The van der Waals surface area contributed by atoms with Gasteiger partial charge in [-0.25, -0.2) is 14.0 Å². The molecule has 0 atom stereocenters. The minimum absolute atomic E-state index is 0.0243. The average Bonchev–Trinajstić information content (AvgIpc) is 2.50. The van der Waals surface area contributed by atoms with E-state index in [1.165, 1.54) is 6.07 Å². The molecule has 9 heteroatoms. The van der Waals surface area contributed by atoms with Crippen molar-refractivity contribution >= 4 is 49.5 Å². The summed E-state index contributed by atoms with van der Waals surface area (Å²) in [4.78, 5) is 23.0. The number of ether oxygens (including phenoxy) is 2. The topological polar surface area (TPSA) is 88.4 Å². The molecule has 1 N–H and O–H groups in total. The van der Waals surface area contributed by atoms with Gasteiger partial charge in [-0.3, -0.25) is 0 Å². The lowest BCUT2D eigenvalue weighted by molar-refractivity contribution is -0.138. The summed E-state index contributed by atoms with van der Waals surface area (Å²) < 4.78 is 23.3. The normalized spacial score (nSPS) is 10.6. The summed E-state index contributed by atoms with van der Waals surface area (Å²) in [6.07, 6.45) is 0.833. The molecule has 1 aromatic rings. The molecule has 0 saturated heterocycles. The molecule has 0 fully saturated rings. The number of hydrogen-bond acceptors (Lipinski definition) is 6. The molecule has 0 heterocycles. The maximum Gasteiger partial charge on any atom is 0.354 e. The Morgan fingerprint density at radius 1 is 1.32 bits per heavy atom. The van der Waals surface area contributed by atoms with Crippen molar-refractivity contribution in [1.82, 2.24) is 0 Å². The quantitative estimate of drug-likeness (QED) is 0.444. The number of anilines is 1. The number of carbonyl (C=O) groups is 2. The number of nitrogens with zero attached hydrogens (tertiary/aromatic N) is 1. The summed E-state index contributed by atoms with van der Waals surface area (Å²) in [6, 6.07) is 3.03. The van der Waals surface area contributed by atoms with E-state index in [0.717, 1.165) is 20.3 Å². The highest BCUT2D eigenvalue weighted by Gasteiger charge is 2.20. The van der Waals surface area contributed by atoms with Gasteiger partial charge < -0.3 is 14.8 Å². The highest BCUT2D eigenvalue weighted by atomic mass is 79.9.